The van der Waals surface area contributed by atoms with E-state index in [-0.39, 0.29) is 28.9 Å². The Morgan fingerprint density at radius 1 is 0.275 bits per heavy atom. The molecule has 0 aliphatic carbocycles. The molecule has 11 heteroatoms. The van der Waals surface area contributed by atoms with E-state index in [1.807, 2.05) is 44.2 Å². The largest absolute Gasteiger partial charge is 0.497 e. The molecule has 0 radical (unpaired) electrons. The summed E-state index contributed by atoms with van der Waals surface area (Å²) in [7, 11) is 6.05. The number of ether oxygens (including phenoxy) is 6. The summed E-state index contributed by atoms with van der Waals surface area (Å²) in [6.45, 7) is 65.8. The number of benzene rings is 19. The molecule has 11 nitrogen and oxygen atoms in total. The lowest BCUT2D eigenvalue weighted by atomic mass is 9.88. The number of aryl methyl sites for hydroxylation is 25. The molecule has 0 atom stereocenters. The lowest BCUT2D eigenvalue weighted by molar-refractivity contribution is -0.142. The van der Waals surface area contributed by atoms with Crippen LogP contribution < -0.4 is 23.7 Å². The summed E-state index contributed by atoms with van der Waals surface area (Å²) < 4.78 is 30.7. The van der Waals surface area contributed by atoms with Gasteiger partial charge in [-0.1, -0.05) is 191 Å². The number of fused-ring (bicyclic) bond motifs is 24. The first-order chi connectivity index (χ1) is 70.6. The van der Waals surface area contributed by atoms with Crippen LogP contribution in [0.2, 0.25) is 0 Å². The summed E-state index contributed by atoms with van der Waals surface area (Å²) in [6, 6.07) is 74.1. The average Bonchev–Trinajstić information content (AvgIpc) is 0.742. The molecule has 0 saturated heterocycles. The average molecular weight is 1990 g/mol. The van der Waals surface area contributed by atoms with Crippen molar-refractivity contribution >= 4 is 159 Å². The molecule has 19 aromatic rings. The molecule has 0 aliphatic heterocycles. The minimum atomic E-state index is -0.608. The number of ketones is 3. The molecule has 0 aliphatic rings. The molecular formula is C138H152O11. The maximum Gasteiger partial charge on any atom is 0.347 e. The third-order valence-corrected chi connectivity index (χ3v) is 29.8. The minimum Gasteiger partial charge on any atom is -0.497 e. The highest BCUT2D eigenvalue weighted by molar-refractivity contribution is 6.30. The van der Waals surface area contributed by atoms with Crippen molar-refractivity contribution in [2.75, 3.05) is 35.0 Å². The molecule has 149 heavy (non-hydrogen) atoms. The molecule has 770 valence electrons. The van der Waals surface area contributed by atoms with Gasteiger partial charge in [0.2, 0.25) is 0 Å². The molecule has 0 unspecified atom stereocenters. The maximum absolute atomic E-state index is 12.4. The van der Waals surface area contributed by atoms with E-state index in [0.29, 0.717) is 47.5 Å². The topological polar surface area (TPSA) is 141 Å². The third-order valence-electron chi connectivity index (χ3n) is 29.8. The number of Topliss-reactive ketones (excluding diaryl/α,β-unsaturated/α-hetero) is 2. The number of hydrogen-bond donors (Lipinski definition) is 0. The fourth-order valence-corrected chi connectivity index (χ4v) is 19.1. The Labute approximate surface area is 883 Å². The summed E-state index contributed by atoms with van der Waals surface area (Å²) in [6.07, 6.45) is 7.05. The molecule has 19 aromatic carbocycles. The monoisotopic (exact) mass is 1990 g/mol. The fraction of sp³-hybridized carbons (Fsp3) is 0.297. The molecule has 0 spiro atoms. The van der Waals surface area contributed by atoms with E-state index < -0.39 is 5.97 Å². The van der Waals surface area contributed by atoms with Crippen LogP contribution in [0.5, 0.6) is 28.7 Å². The first kappa shape index (κ1) is 113. The van der Waals surface area contributed by atoms with E-state index in [0.717, 1.165) is 30.6 Å². The summed E-state index contributed by atoms with van der Waals surface area (Å²) in [5.41, 5.74) is 34.7. The van der Waals surface area contributed by atoms with Gasteiger partial charge in [0.25, 0.3) is 0 Å². The van der Waals surface area contributed by atoms with Crippen molar-refractivity contribution in [2.24, 2.45) is 5.92 Å². The first-order valence-electron chi connectivity index (χ1n) is 52.0. The number of allylic oxidation sites excluding steroid dienone is 2. The molecular weight excluding hydrogens is 1830 g/mol. The van der Waals surface area contributed by atoms with Gasteiger partial charge in [0.05, 0.1) is 35.0 Å². The molecule has 0 N–H and O–H groups in total. The maximum atomic E-state index is 12.4. The van der Waals surface area contributed by atoms with Crippen LogP contribution in [0.15, 0.2) is 218 Å². The lowest BCUT2D eigenvalue weighted by Gasteiger charge is -2.16. The van der Waals surface area contributed by atoms with Crippen molar-refractivity contribution in [1.29, 1.82) is 0 Å². The van der Waals surface area contributed by atoms with Crippen LogP contribution in [0.1, 0.15) is 228 Å². The van der Waals surface area contributed by atoms with Crippen LogP contribution in [0, 0.1) is 172 Å². The van der Waals surface area contributed by atoms with Crippen LogP contribution in [0.4, 0.5) is 0 Å². The highest BCUT2D eigenvalue weighted by atomic mass is 16.5. The number of carbonyl (C=O) groups excluding carboxylic acids is 5. The lowest BCUT2D eigenvalue weighted by Crippen LogP contribution is -2.11. The third kappa shape index (κ3) is 26.1. The van der Waals surface area contributed by atoms with Gasteiger partial charge >= 0.3 is 11.9 Å². The standard InChI is InChI=1S/4C24H24.C18H18O6.C11H14O2.C7H12O.C6H12O2/c4*1-13-7-19-20(8-14(13)2)22-10-16(4)18(6)12-24(22)23-11-17(5)15(3)9-21(19)23;1-11(19)12-5-7-13(8-6-12)24-18(20)14-9-16(22-3)17(23-4)10-15(14)21-2;1-9(12)6-7-10-4-3-5-11(8-10)13-2;1-3-4-5-6-7(2)8;1-5(2)4-8-6(3)7/h4*7-12H,1-6H3;5-10H,1-4H3;3-5,8H,6-7H2,1-2H3;5-6H,3-4H2,1-2H3;5H,4H2,1-3H3. The van der Waals surface area contributed by atoms with Gasteiger partial charge in [-0.05, 0) is 517 Å². The molecule has 0 fully saturated rings. The number of methoxy groups -OCH3 is 4. The van der Waals surface area contributed by atoms with Gasteiger partial charge in [0.15, 0.2) is 23.1 Å². The fourth-order valence-electron chi connectivity index (χ4n) is 19.1. The van der Waals surface area contributed by atoms with Crippen molar-refractivity contribution in [2.45, 2.75) is 240 Å². The van der Waals surface area contributed by atoms with Crippen molar-refractivity contribution < 1.29 is 52.4 Å². The second-order valence-electron chi connectivity index (χ2n) is 41.7. The van der Waals surface area contributed by atoms with Crippen molar-refractivity contribution in [3.8, 4) is 28.7 Å². The number of carbonyl (C=O) groups is 5. The summed E-state index contributed by atoms with van der Waals surface area (Å²) >= 11 is 0. The van der Waals surface area contributed by atoms with Crippen LogP contribution in [-0.2, 0) is 25.5 Å². The van der Waals surface area contributed by atoms with E-state index in [1.54, 1.807) is 57.4 Å². The second kappa shape index (κ2) is 48.9. The predicted molar refractivity (Wildman–Crippen MR) is 635 cm³/mol. The zero-order valence-electron chi connectivity index (χ0n) is 94.9. The number of unbranched alkanes of at least 4 members (excludes halogenated alkanes) is 1. The summed E-state index contributed by atoms with van der Waals surface area (Å²) in [4.78, 5) is 54.8. The molecule has 0 bridgehead atoms. The van der Waals surface area contributed by atoms with Gasteiger partial charge in [-0.15, -0.1) is 0 Å². The molecule has 0 amide bonds. The van der Waals surface area contributed by atoms with Crippen molar-refractivity contribution in [3.05, 3.63) is 369 Å². The van der Waals surface area contributed by atoms with Gasteiger partial charge in [-0.25, -0.2) is 4.79 Å². The van der Waals surface area contributed by atoms with E-state index >= 15 is 0 Å². The molecule has 0 heterocycles. The van der Waals surface area contributed by atoms with Crippen LogP contribution in [-0.4, -0.2) is 64.3 Å². The quantitative estimate of drug-likeness (QED) is 0.0318. The van der Waals surface area contributed by atoms with E-state index in [2.05, 4.69) is 323 Å². The van der Waals surface area contributed by atoms with Crippen molar-refractivity contribution in [3.63, 3.8) is 0 Å². The van der Waals surface area contributed by atoms with Crippen LogP contribution in [0.25, 0.3) is 129 Å². The second-order valence-corrected chi connectivity index (χ2v) is 41.7. The van der Waals surface area contributed by atoms with E-state index in [1.165, 1.54) is 304 Å². The Bertz CT molecular complexity index is 6670. The zero-order chi connectivity index (χ0) is 109. The molecule has 0 aromatic heterocycles. The van der Waals surface area contributed by atoms with Crippen LogP contribution >= 0.6 is 0 Å². The van der Waals surface area contributed by atoms with Gasteiger partial charge in [-0.2, -0.15) is 0 Å². The highest BCUT2D eigenvalue weighted by Gasteiger charge is 2.23. The van der Waals surface area contributed by atoms with Gasteiger partial charge in [0, 0.05) is 31.0 Å². The minimum absolute atomic E-state index is 0.0607. The smallest absolute Gasteiger partial charge is 0.347 e. The first-order valence-corrected chi connectivity index (χ1v) is 52.0. The Morgan fingerprint density at radius 2 is 0.510 bits per heavy atom. The highest BCUT2D eigenvalue weighted by Crippen LogP contribution is 2.46. The van der Waals surface area contributed by atoms with Crippen LogP contribution in [0.3, 0.4) is 0 Å². The SMILES string of the molecule is CC(=O)OCC(C)C.CCCC=CC(C)=O.COc1cc(OC)c(C(=O)Oc2ccc(C(C)=O)cc2)cc1OC.COc1cccc(CCC(C)=O)c1.Cc1cc2c3cc(C)c(C)cc3c3cc(C)c(C)cc3c2cc1C.Cc1cc2c3cc(C)c(C)cc3c3cc(C)c(C)cc3c2cc1C.Cc1cc2c3cc(C)c(C)cc3c3cc(C)c(C)cc3c2cc1C.Cc1cc2c3cc(C)c(C)cc3c3cc(C)c(C)cc3c2cc1C. The molecule has 0 saturated carbocycles. The number of esters is 2. The van der Waals surface area contributed by atoms with E-state index in [4.69, 9.17) is 23.7 Å². The summed E-state index contributed by atoms with van der Waals surface area (Å²) in [5.74, 6) is 2.24. The number of rotatable bonds is 15. The number of hydrogen-bond acceptors (Lipinski definition) is 11. The predicted octanol–water partition coefficient (Wildman–Crippen LogP) is 36.5. The Balaban J connectivity index is 0.000000155. The van der Waals surface area contributed by atoms with Crippen molar-refractivity contribution in [1.82, 2.24) is 0 Å². The Kier molecular flexibility index (Phi) is 37.1. The Morgan fingerprint density at radius 3 is 0.691 bits per heavy atom. The zero-order valence-corrected chi connectivity index (χ0v) is 94.9. The summed E-state index contributed by atoms with van der Waals surface area (Å²) in [5, 5.41) is 33.2. The normalized spacial score (nSPS) is 11.1. The van der Waals surface area contributed by atoms with Gasteiger partial charge < -0.3 is 33.2 Å². The Hall–Kier alpha value is -14.8. The molecule has 19 rings (SSSR count). The van der Waals surface area contributed by atoms with E-state index in [9.17, 15) is 24.0 Å². The van der Waals surface area contributed by atoms with Gasteiger partial charge in [0.1, 0.15) is 28.6 Å². The van der Waals surface area contributed by atoms with Gasteiger partial charge in [-0.3, -0.25) is 14.4 Å².